The number of amides is 1. The first kappa shape index (κ1) is 22.5. The van der Waals surface area contributed by atoms with Gasteiger partial charge in [-0.15, -0.1) is 0 Å². The fourth-order valence-corrected chi connectivity index (χ4v) is 4.92. The van der Waals surface area contributed by atoms with E-state index in [1.807, 2.05) is 49.1 Å². The lowest BCUT2D eigenvalue weighted by Gasteiger charge is -2.34. The Hall–Kier alpha value is -2.66. The summed E-state index contributed by atoms with van der Waals surface area (Å²) in [6.45, 7) is 4.89. The van der Waals surface area contributed by atoms with Gasteiger partial charge in [-0.05, 0) is 50.5 Å². The molecule has 0 N–H and O–H groups in total. The molecule has 4 rings (SSSR count). The van der Waals surface area contributed by atoms with Gasteiger partial charge in [0.1, 0.15) is 5.82 Å². The Bertz CT molecular complexity index is 1150. The van der Waals surface area contributed by atoms with Crippen molar-refractivity contribution in [3.63, 3.8) is 0 Å². The van der Waals surface area contributed by atoms with Crippen LogP contribution in [0.5, 0.6) is 0 Å². The molecule has 1 atom stereocenters. The van der Waals surface area contributed by atoms with E-state index in [2.05, 4.69) is 0 Å². The number of benzene rings is 2. The molecule has 6 heteroatoms. The molecule has 168 valence electrons. The Morgan fingerprint density at radius 1 is 1.16 bits per heavy atom. The molecule has 0 spiro atoms. The number of nitrogens with zero attached hydrogens (tertiary/aromatic N) is 3. The lowest BCUT2D eigenvalue weighted by Crippen LogP contribution is -2.41. The first-order valence-corrected chi connectivity index (χ1v) is 11.9. The summed E-state index contributed by atoms with van der Waals surface area (Å²) < 4.78 is 1.68. The Morgan fingerprint density at radius 2 is 1.88 bits per heavy atom. The third kappa shape index (κ3) is 4.58. The van der Waals surface area contributed by atoms with Gasteiger partial charge in [-0.2, -0.15) is 0 Å². The zero-order chi connectivity index (χ0) is 22.7. The maximum Gasteiger partial charge on any atom is 0.261 e. The molecule has 0 bridgehead atoms. The lowest BCUT2D eigenvalue weighted by molar-refractivity contribution is -0.139. The largest absolute Gasteiger partial charge is 0.328 e. The van der Waals surface area contributed by atoms with E-state index in [4.69, 9.17) is 16.6 Å². The highest BCUT2D eigenvalue weighted by molar-refractivity contribution is 6.31. The molecule has 3 aromatic rings. The van der Waals surface area contributed by atoms with Crippen LogP contribution in [0.3, 0.4) is 0 Å². The van der Waals surface area contributed by atoms with Gasteiger partial charge >= 0.3 is 0 Å². The summed E-state index contributed by atoms with van der Waals surface area (Å²) >= 11 is 6.13. The van der Waals surface area contributed by atoms with Crippen LogP contribution in [-0.2, 0) is 17.9 Å². The molecule has 1 amide bonds. The molecular formula is C26H30ClN3O2. The van der Waals surface area contributed by atoms with E-state index < -0.39 is 0 Å². The average molecular weight is 452 g/mol. The Balaban J connectivity index is 1.78. The van der Waals surface area contributed by atoms with E-state index in [1.165, 1.54) is 6.42 Å². The van der Waals surface area contributed by atoms with Crippen LogP contribution in [0.15, 0.2) is 53.3 Å². The summed E-state index contributed by atoms with van der Waals surface area (Å²) in [5.41, 5.74) is 1.56. The van der Waals surface area contributed by atoms with Crippen LogP contribution in [0.2, 0.25) is 5.02 Å². The van der Waals surface area contributed by atoms with Crippen molar-refractivity contribution in [1.29, 1.82) is 0 Å². The molecule has 0 radical (unpaired) electrons. The Kier molecular flexibility index (Phi) is 6.95. The standard InChI is InChI=1S/C26H30ClN3O2/c1-3-29-24(28-23-15-14-21(27)16-22(23)26(29)32)18(2)30(17-19-10-6-4-7-11-19)25(31)20-12-8-5-9-13-20/h4,6-7,10-11,14-16,18,20H,3,5,8-9,12-13,17H2,1-2H3. The van der Waals surface area contributed by atoms with Crippen molar-refractivity contribution < 1.29 is 4.79 Å². The zero-order valence-electron chi connectivity index (χ0n) is 18.8. The number of hydrogen-bond donors (Lipinski definition) is 0. The molecule has 2 aromatic carbocycles. The van der Waals surface area contributed by atoms with Gasteiger partial charge in [0.15, 0.2) is 0 Å². The second kappa shape index (κ2) is 9.86. The average Bonchev–Trinajstić information content (AvgIpc) is 2.83. The maximum atomic E-state index is 13.7. The van der Waals surface area contributed by atoms with Crippen LogP contribution in [0, 0.1) is 5.92 Å². The summed E-state index contributed by atoms with van der Waals surface area (Å²) in [5, 5.41) is 1.02. The van der Waals surface area contributed by atoms with Gasteiger partial charge in [0.05, 0.1) is 16.9 Å². The molecule has 5 nitrogen and oxygen atoms in total. The molecule has 1 unspecified atom stereocenters. The van der Waals surface area contributed by atoms with Gasteiger partial charge in [0, 0.05) is 24.0 Å². The first-order chi connectivity index (χ1) is 15.5. The van der Waals surface area contributed by atoms with Gasteiger partial charge in [0.2, 0.25) is 5.91 Å². The molecule has 1 heterocycles. The quantitative estimate of drug-likeness (QED) is 0.480. The minimum absolute atomic E-state index is 0.0379. The number of rotatable bonds is 6. The first-order valence-electron chi connectivity index (χ1n) is 11.5. The van der Waals surface area contributed by atoms with Gasteiger partial charge in [-0.1, -0.05) is 61.2 Å². The molecule has 0 saturated heterocycles. The highest BCUT2D eigenvalue weighted by atomic mass is 35.5. The second-order valence-electron chi connectivity index (χ2n) is 8.64. The number of carbonyl (C=O) groups excluding carboxylic acids is 1. The number of carbonyl (C=O) groups is 1. The monoisotopic (exact) mass is 451 g/mol. The van der Waals surface area contributed by atoms with E-state index in [-0.39, 0.29) is 23.4 Å². The van der Waals surface area contributed by atoms with Crippen molar-refractivity contribution in [2.24, 2.45) is 5.92 Å². The number of fused-ring (bicyclic) bond motifs is 1. The Labute approximate surface area is 194 Å². The summed E-state index contributed by atoms with van der Waals surface area (Å²) in [5.74, 6) is 0.817. The molecule has 1 saturated carbocycles. The third-order valence-electron chi connectivity index (χ3n) is 6.54. The van der Waals surface area contributed by atoms with Crippen LogP contribution in [0.4, 0.5) is 0 Å². The highest BCUT2D eigenvalue weighted by Crippen LogP contribution is 2.30. The third-order valence-corrected chi connectivity index (χ3v) is 6.77. The van der Waals surface area contributed by atoms with Gasteiger partial charge < -0.3 is 4.90 Å². The zero-order valence-corrected chi connectivity index (χ0v) is 19.5. The van der Waals surface area contributed by atoms with E-state index in [9.17, 15) is 9.59 Å². The number of hydrogen-bond acceptors (Lipinski definition) is 3. The van der Waals surface area contributed by atoms with E-state index in [0.717, 1.165) is 31.2 Å². The highest BCUT2D eigenvalue weighted by Gasteiger charge is 2.31. The molecular weight excluding hydrogens is 422 g/mol. The topological polar surface area (TPSA) is 55.2 Å². The van der Waals surface area contributed by atoms with E-state index >= 15 is 0 Å². The second-order valence-corrected chi connectivity index (χ2v) is 9.08. The van der Waals surface area contributed by atoms with Gasteiger partial charge in [-0.3, -0.25) is 14.2 Å². The van der Waals surface area contributed by atoms with E-state index in [0.29, 0.717) is 34.8 Å². The van der Waals surface area contributed by atoms with Crippen molar-refractivity contribution in [2.45, 2.75) is 65.1 Å². The summed E-state index contributed by atoms with van der Waals surface area (Å²) in [6, 6.07) is 14.9. The van der Waals surface area contributed by atoms with Crippen molar-refractivity contribution in [3.8, 4) is 0 Å². The summed E-state index contributed by atoms with van der Waals surface area (Å²) in [7, 11) is 0. The molecule has 1 aliphatic carbocycles. The van der Waals surface area contributed by atoms with Gasteiger partial charge in [0.25, 0.3) is 5.56 Å². The van der Waals surface area contributed by atoms with Crippen LogP contribution in [-0.4, -0.2) is 20.4 Å². The Morgan fingerprint density at radius 3 is 2.56 bits per heavy atom. The van der Waals surface area contributed by atoms with Crippen LogP contribution in [0.1, 0.15) is 63.4 Å². The SMILES string of the molecule is CCn1c(C(C)N(Cc2ccccc2)C(=O)C2CCCCC2)nc2ccc(Cl)cc2c1=O. The summed E-state index contributed by atoms with van der Waals surface area (Å²) in [6.07, 6.45) is 5.25. The van der Waals surface area contributed by atoms with Crippen LogP contribution in [0.25, 0.3) is 10.9 Å². The molecule has 1 fully saturated rings. The minimum atomic E-state index is -0.336. The predicted octanol–water partition coefficient (Wildman–Crippen LogP) is 5.74. The maximum absolute atomic E-state index is 13.7. The van der Waals surface area contributed by atoms with Crippen LogP contribution >= 0.6 is 11.6 Å². The molecule has 0 aliphatic heterocycles. The molecule has 1 aromatic heterocycles. The molecule has 1 aliphatic rings. The lowest BCUT2D eigenvalue weighted by atomic mass is 9.88. The predicted molar refractivity (Wildman–Crippen MR) is 129 cm³/mol. The van der Waals surface area contributed by atoms with E-state index in [1.54, 1.807) is 22.8 Å². The summed E-state index contributed by atoms with van der Waals surface area (Å²) in [4.78, 5) is 33.7. The van der Waals surface area contributed by atoms with Gasteiger partial charge in [-0.25, -0.2) is 4.98 Å². The normalized spacial score (nSPS) is 15.6. The number of halogens is 1. The van der Waals surface area contributed by atoms with Crippen molar-refractivity contribution in [1.82, 2.24) is 14.5 Å². The number of aromatic nitrogens is 2. The minimum Gasteiger partial charge on any atom is -0.328 e. The molecule has 32 heavy (non-hydrogen) atoms. The fraction of sp³-hybridized carbons (Fsp3) is 0.423. The van der Waals surface area contributed by atoms with Crippen molar-refractivity contribution in [3.05, 3.63) is 75.3 Å². The van der Waals surface area contributed by atoms with Crippen LogP contribution < -0.4 is 5.56 Å². The van der Waals surface area contributed by atoms with Crippen molar-refractivity contribution >= 4 is 28.4 Å². The van der Waals surface area contributed by atoms with Crippen molar-refractivity contribution in [2.75, 3.05) is 0 Å². The smallest absolute Gasteiger partial charge is 0.261 e. The fourth-order valence-electron chi connectivity index (χ4n) is 4.74.